The number of carbonyl (C=O) groups is 1. The van der Waals surface area contributed by atoms with Gasteiger partial charge in [0.05, 0.1) is 14.2 Å². The van der Waals surface area contributed by atoms with Crippen LogP contribution >= 0.6 is 0 Å². The van der Waals surface area contributed by atoms with Crippen molar-refractivity contribution in [3.05, 3.63) is 18.2 Å². The van der Waals surface area contributed by atoms with Crippen LogP contribution in [0.1, 0.15) is 32.6 Å². The largest absolute Gasteiger partial charge is 0.493 e. The molecule has 0 aliphatic carbocycles. The zero-order valence-electron chi connectivity index (χ0n) is 11.2. The van der Waals surface area contributed by atoms with Crippen LogP contribution < -0.4 is 14.2 Å². The smallest absolute Gasteiger partial charge is 0.311 e. The Bertz CT molecular complexity index is 387. The molecule has 100 valence electrons. The van der Waals surface area contributed by atoms with Gasteiger partial charge in [-0.1, -0.05) is 19.8 Å². The van der Waals surface area contributed by atoms with Gasteiger partial charge >= 0.3 is 5.97 Å². The maximum absolute atomic E-state index is 11.5. The van der Waals surface area contributed by atoms with Gasteiger partial charge in [0.1, 0.15) is 5.75 Å². The number of hydrogen-bond donors (Lipinski definition) is 0. The van der Waals surface area contributed by atoms with Gasteiger partial charge in [0.25, 0.3) is 0 Å². The highest BCUT2D eigenvalue weighted by molar-refractivity contribution is 5.72. The highest BCUT2D eigenvalue weighted by Crippen LogP contribution is 2.31. The molecular formula is C14H20O4. The first-order valence-corrected chi connectivity index (χ1v) is 6.14. The lowest BCUT2D eigenvalue weighted by Crippen LogP contribution is -2.07. The van der Waals surface area contributed by atoms with Crippen LogP contribution in [0.25, 0.3) is 0 Å². The van der Waals surface area contributed by atoms with E-state index in [1.165, 1.54) is 0 Å². The average Bonchev–Trinajstić information content (AvgIpc) is 2.39. The molecule has 0 radical (unpaired) electrons. The summed E-state index contributed by atoms with van der Waals surface area (Å²) in [6.45, 7) is 2.10. The number of hydrogen-bond acceptors (Lipinski definition) is 4. The van der Waals surface area contributed by atoms with Gasteiger partial charge in [0, 0.05) is 12.5 Å². The molecule has 0 amide bonds. The fraction of sp³-hybridized carbons (Fsp3) is 0.500. The molecule has 1 aromatic carbocycles. The Kier molecular flexibility index (Phi) is 6.05. The first kappa shape index (κ1) is 14.4. The maximum atomic E-state index is 11.5. The third kappa shape index (κ3) is 4.28. The summed E-state index contributed by atoms with van der Waals surface area (Å²) in [4.78, 5) is 11.5. The summed E-state index contributed by atoms with van der Waals surface area (Å²) in [5.41, 5.74) is 0. The molecule has 0 N–H and O–H groups in total. The van der Waals surface area contributed by atoms with Gasteiger partial charge in [-0.25, -0.2) is 0 Å². The molecule has 0 aliphatic rings. The van der Waals surface area contributed by atoms with E-state index in [0.29, 0.717) is 23.7 Å². The summed E-state index contributed by atoms with van der Waals surface area (Å²) in [5.74, 6) is 1.43. The fourth-order valence-corrected chi connectivity index (χ4v) is 1.58. The number of unbranched alkanes of at least 4 members (excludes halogenated alkanes) is 2. The number of methoxy groups -OCH3 is 2. The van der Waals surface area contributed by atoms with Crippen LogP contribution in [0.5, 0.6) is 17.2 Å². The molecule has 4 heteroatoms. The Morgan fingerprint density at radius 3 is 2.44 bits per heavy atom. The van der Waals surface area contributed by atoms with Crippen molar-refractivity contribution in [2.24, 2.45) is 0 Å². The molecule has 1 aromatic rings. The van der Waals surface area contributed by atoms with Gasteiger partial charge in [-0.3, -0.25) is 4.79 Å². The molecule has 0 fully saturated rings. The number of esters is 1. The fourth-order valence-electron chi connectivity index (χ4n) is 1.58. The zero-order valence-corrected chi connectivity index (χ0v) is 11.2. The Morgan fingerprint density at radius 1 is 1.11 bits per heavy atom. The van der Waals surface area contributed by atoms with Crippen LogP contribution in [-0.4, -0.2) is 20.2 Å². The molecule has 0 heterocycles. The first-order valence-electron chi connectivity index (χ1n) is 6.14. The van der Waals surface area contributed by atoms with E-state index in [-0.39, 0.29) is 5.97 Å². The van der Waals surface area contributed by atoms with Crippen LogP contribution in [-0.2, 0) is 4.79 Å². The molecule has 4 nitrogen and oxygen atoms in total. The second-order valence-corrected chi connectivity index (χ2v) is 3.95. The molecule has 0 aliphatic heterocycles. The molecule has 0 saturated carbocycles. The lowest BCUT2D eigenvalue weighted by molar-refractivity contribution is -0.134. The molecule has 0 aromatic heterocycles. The normalized spacial score (nSPS) is 9.94. The van der Waals surface area contributed by atoms with Crippen molar-refractivity contribution >= 4 is 5.97 Å². The van der Waals surface area contributed by atoms with Crippen molar-refractivity contribution in [3.63, 3.8) is 0 Å². The van der Waals surface area contributed by atoms with Crippen molar-refractivity contribution in [2.45, 2.75) is 32.6 Å². The van der Waals surface area contributed by atoms with Gasteiger partial charge in [-0.2, -0.15) is 0 Å². The molecule has 0 bridgehead atoms. The van der Waals surface area contributed by atoms with Crippen molar-refractivity contribution in [2.75, 3.05) is 14.2 Å². The summed E-state index contributed by atoms with van der Waals surface area (Å²) in [5, 5.41) is 0. The minimum atomic E-state index is -0.212. The summed E-state index contributed by atoms with van der Waals surface area (Å²) >= 11 is 0. The Hall–Kier alpha value is -1.71. The van der Waals surface area contributed by atoms with E-state index in [1.54, 1.807) is 32.4 Å². The topological polar surface area (TPSA) is 44.8 Å². The van der Waals surface area contributed by atoms with E-state index in [9.17, 15) is 4.79 Å². The van der Waals surface area contributed by atoms with Crippen molar-refractivity contribution in [3.8, 4) is 17.2 Å². The quantitative estimate of drug-likeness (QED) is 0.424. The van der Waals surface area contributed by atoms with Crippen LogP contribution in [0.15, 0.2) is 18.2 Å². The van der Waals surface area contributed by atoms with Crippen LogP contribution in [0.3, 0.4) is 0 Å². The molecule has 0 unspecified atom stereocenters. The van der Waals surface area contributed by atoms with Crippen molar-refractivity contribution in [1.82, 2.24) is 0 Å². The molecular weight excluding hydrogens is 232 g/mol. The van der Waals surface area contributed by atoms with Gasteiger partial charge in [-0.05, 0) is 18.6 Å². The zero-order chi connectivity index (χ0) is 13.4. The molecule has 0 atom stereocenters. The lowest BCUT2D eigenvalue weighted by atomic mass is 10.2. The molecule has 0 saturated heterocycles. The number of ether oxygens (including phenoxy) is 3. The standard InChI is InChI=1S/C14H20O4/c1-4-5-6-7-14(15)18-11-8-9-12(16-2)13(10-11)17-3/h8-10H,4-7H2,1-3H3. The SMILES string of the molecule is CCCCCC(=O)Oc1ccc(OC)c(OC)c1. The minimum absolute atomic E-state index is 0.212. The minimum Gasteiger partial charge on any atom is -0.493 e. The van der Waals surface area contributed by atoms with Gasteiger partial charge in [0.15, 0.2) is 11.5 Å². The van der Waals surface area contributed by atoms with E-state index in [4.69, 9.17) is 14.2 Å². The van der Waals surface area contributed by atoms with Gasteiger partial charge in [0.2, 0.25) is 0 Å². The van der Waals surface area contributed by atoms with Crippen LogP contribution in [0.4, 0.5) is 0 Å². The third-order valence-corrected chi connectivity index (χ3v) is 2.57. The highest BCUT2D eigenvalue weighted by Gasteiger charge is 2.08. The Balaban J connectivity index is 2.59. The van der Waals surface area contributed by atoms with Gasteiger partial charge in [-0.15, -0.1) is 0 Å². The van der Waals surface area contributed by atoms with E-state index in [0.717, 1.165) is 19.3 Å². The van der Waals surface area contributed by atoms with Gasteiger partial charge < -0.3 is 14.2 Å². The van der Waals surface area contributed by atoms with Crippen LogP contribution in [0.2, 0.25) is 0 Å². The predicted molar refractivity (Wildman–Crippen MR) is 69.3 cm³/mol. The first-order chi connectivity index (χ1) is 8.71. The Morgan fingerprint density at radius 2 is 1.83 bits per heavy atom. The summed E-state index contributed by atoms with van der Waals surface area (Å²) in [6, 6.07) is 5.06. The number of benzene rings is 1. The third-order valence-electron chi connectivity index (χ3n) is 2.57. The van der Waals surface area contributed by atoms with Crippen molar-refractivity contribution in [1.29, 1.82) is 0 Å². The van der Waals surface area contributed by atoms with Crippen LogP contribution in [0, 0.1) is 0 Å². The Labute approximate surface area is 108 Å². The van der Waals surface area contributed by atoms with E-state index in [2.05, 4.69) is 6.92 Å². The number of carbonyl (C=O) groups excluding carboxylic acids is 1. The lowest BCUT2D eigenvalue weighted by Gasteiger charge is -2.09. The van der Waals surface area contributed by atoms with E-state index >= 15 is 0 Å². The maximum Gasteiger partial charge on any atom is 0.311 e. The number of rotatable bonds is 7. The monoisotopic (exact) mass is 252 g/mol. The molecule has 18 heavy (non-hydrogen) atoms. The second-order valence-electron chi connectivity index (χ2n) is 3.95. The molecule has 1 rings (SSSR count). The van der Waals surface area contributed by atoms with Crippen molar-refractivity contribution < 1.29 is 19.0 Å². The van der Waals surface area contributed by atoms with E-state index < -0.39 is 0 Å². The summed E-state index contributed by atoms with van der Waals surface area (Å²) < 4.78 is 15.5. The second kappa shape index (κ2) is 7.58. The summed E-state index contributed by atoms with van der Waals surface area (Å²) in [6.07, 6.45) is 3.44. The highest BCUT2D eigenvalue weighted by atomic mass is 16.5. The summed E-state index contributed by atoms with van der Waals surface area (Å²) in [7, 11) is 3.11. The van der Waals surface area contributed by atoms with E-state index in [1.807, 2.05) is 0 Å². The average molecular weight is 252 g/mol. The molecule has 0 spiro atoms. The predicted octanol–water partition coefficient (Wildman–Crippen LogP) is 3.19.